The van der Waals surface area contributed by atoms with Gasteiger partial charge in [-0.1, -0.05) is 34.6 Å². The van der Waals surface area contributed by atoms with Gasteiger partial charge in [0.05, 0.1) is 0 Å². The zero-order valence-corrected chi connectivity index (χ0v) is 13.1. The fourth-order valence-electron chi connectivity index (χ4n) is 4.50. The zero-order chi connectivity index (χ0) is 13.4. The second-order valence-corrected chi connectivity index (χ2v) is 8.12. The average Bonchev–Trinajstić information content (AvgIpc) is 2.25. The van der Waals surface area contributed by atoms with Gasteiger partial charge in [-0.2, -0.15) is 0 Å². The van der Waals surface area contributed by atoms with Crippen molar-refractivity contribution in [2.24, 2.45) is 10.8 Å². The van der Waals surface area contributed by atoms with Crippen LogP contribution in [0.1, 0.15) is 60.3 Å². The summed E-state index contributed by atoms with van der Waals surface area (Å²) < 4.78 is 0. The molecule has 1 saturated heterocycles. The van der Waals surface area contributed by atoms with Gasteiger partial charge in [-0.3, -0.25) is 4.90 Å². The molecule has 2 heteroatoms. The summed E-state index contributed by atoms with van der Waals surface area (Å²) in [6.07, 6.45) is 5.40. The molecule has 1 atom stereocenters. The van der Waals surface area contributed by atoms with Crippen molar-refractivity contribution in [3.63, 3.8) is 0 Å². The van der Waals surface area contributed by atoms with E-state index in [0.717, 1.165) is 6.04 Å². The van der Waals surface area contributed by atoms with Crippen molar-refractivity contribution >= 4 is 0 Å². The molecule has 0 aromatic heterocycles. The molecule has 2 aliphatic rings. The Morgan fingerprint density at radius 1 is 1.11 bits per heavy atom. The van der Waals surface area contributed by atoms with E-state index in [1.54, 1.807) is 0 Å². The van der Waals surface area contributed by atoms with Crippen molar-refractivity contribution in [2.45, 2.75) is 72.4 Å². The van der Waals surface area contributed by atoms with Gasteiger partial charge in [-0.25, -0.2) is 0 Å². The van der Waals surface area contributed by atoms with Crippen molar-refractivity contribution < 1.29 is 0 Å². The van der Waals surface area contributed by atoms with E-state index in [2.05, 4.69) is 44.8 Å². The third kappa shape index (κ3) is 3.48. The van der Waals surface area contributed by atoms with E-state index in [-0.39, 0.29) is 0 Å². The first-order valence-electron chi connectivity index (χ1n) is 7.79. The molecule has 1 aliphatic heterocycles. The molecule has 18 heavy (non-hydrogen) atoms. The van der Waals surface area contributed by atoms with Crippen LogP contribution in [0.4, 0.5) is 0 Å². The van der Waals surface area contributed by atoms with Gasteiger partial charge >= 0.3 is 0 Å². The van der Waals surface area contributed by atoms with Gasteiger partial charge in [0, 0.05) is 31.7 Å². The Balaban J connectivity index is 2.03. The Morgan fingerprint density at radius 2 is 1.72 bits per heavy atom. The molecule has 1 N–H and O–H groups in total. The van der Waals surface area contributed by atoms with Gasteiger partial charge in [0.1, 0.15) is 0 Å². The second-order valence-electron chi connectivity index (χ2n) is 8.12. The molecule has 1 unspecified atom stereocenters. The molecule has 0 radical (unpaired) electrons. The highest BCUT2D eigenvalue weighted by Crippen LogP contribution is 2.47. The highest BCUT2D eigenvalue weighted by molar-refractivity contribution is 4.95. The summed E-state index contributed by atoms with van der Waals surface area (Å²) in [4.78, 5) is 2.77. The minimum Gasteiger partial charge on any atom is -0.311 e. The average molecular weight is 252 g/mol. The number of nitrogens with zero attached hydrogens (tertiary/aromatic N) is 1. The van der Waals surface area contributed by atoms with Crippen LogP contribution in [0.2, 0.25) is 0 Å². The van der Waals surface area contributed by atoms with Crippen LogP contribution in [0.15, 0.2) is 0 Å². The summed E-state index contributed by atoms with van der Waals surface area (Å²) in [5.41, 5.74) is 1.03. The Morgan fingerprint density at radius 3 is 2.28 bits per heavy atom. The summed E-state index contributed by atoms with van der Waals surface area (Å²) in [5, 5.41) is 3.64. The fraction of sp³-hybridized carbons (Fsp3) is 1.00. The molecule has 1 heterocycles. The number of rotatable bonds is 2. The Kier molecular flexibility index (Phi) is 4.08. The van der Waals surface area contributed by atoms with E-state index >= 15 is 0 Å². The maximum Gasteiger partial charge on any atom is 0.0193 e. The summed E-state index contributed by atoms with van der Waals surface area (Å²) in [6, 6.07) is 1.52. The van der Waals surface area contributed by atoms with Crippen molar-refractivity contribution in [3.8, 4) is 0 Å². The van der Waals surface area contributed by atoms with E-state index in [9.17, 15) is 0 Å². The first-order valence-corrected chi connectivity index (χ1v) is 7.79. The maximum absolute atomic E-state index is 3.64. The van der Waals surface area contributed by atoms with Gasteiger partial charge < -0.3 is 5.32 Å². The molecule has 2 rings (SSSR count). The normalized spacial score (nSPS) is 33.5. The minimum absolute atomic E-state index is 0.513. The van der Waals surface area contributed by atoms with Gasteiger partial charge in [-0.15, -0.1) is 0 Å². The second kappa shape index (κ2) is 5.13. The maximum atomic E-state index is 3.64. The molecule has 0 amide bonds. The van der Waals surface area contributed by atoms with Gasteiger partial charge in [0.25, 0.3) is 0 Å². The zero-order valence-electron chi connectivity index (χ0n) is 13.1. The summed E-state index contributed by atoms with van der Waals surface area (Å²) >= 11 is 0. The molecule has 2 fully saturated rings. The van der Waals surface area contributed by atoms with Gasteiger partial charge in [-0.05, 0) is 36.5 Å². The number of piperazine rings is 1. The van der Waals surface area contributed by atoms with Crippen LogP contribution in [0, 0.1) is 10.8 Å². The number of nitrogens with one attached hydrogen (secondary N) is 1. The molecule has 0 aromatic carbocycles. The lowest BCUT2D eigenvalue weighted by atomic mass is 9.63. The van der Waals surface area contributed by atoms with E-state index in [0.29, 0.717) is 16.9 Å². The van der Waals surface area contributed by atoms with Crippen LogP contribution in [-0.2, 0) is 0 Å². The first-order chi connectivity index (χ1) is 8.31. The Hall–Kier alpha value is -0.0800. The Bertz CT molecular complexity index is 267. The van der Waals surface area contributed by atoms with Crippen LogP contribution in [0.5, 0.6) is 0 Å². The molecule has 106 valence electrons. The van der Waals surface area contributed by atoms with Crippen molar-refractivity contribution in [1.82, 2.24) is 10.2 Å². The monoisotopic (exact) mass is 252 g/mol. The molecular formula is C16H32N2. The SMILES string of the molecule is CCC1CN(C2CC(C)(C)CC(C)(C)C2)CCN1. The predicted octanol–water partition coefficient (Wildman–Crippen LogP) is 3.28. The van der Waals surface area contributed by atoms with Crippen molar-refractivity contribution in [3.05, 3.63) is 0 Å². The lowest BCUT2D eigenvalue weighted by Crippen LogP contribution is -2.56. The number of hydrogen-bond donors (Lipinski definition) is 1. The quantitative estimate of drug-likeness (QED) is 0.811. The van der Waals surface area contributed by atoms with Crippen LogP contribution < -0.4 is 5.32 Å². The topological polar surface area (TPSA) is 15.3 Å². The molecular weight excluding hydrogens is 220 g/mol. The van der Waals surface area contributed by atoms with Gasteiger partial charge in [0.2, 0.25) is 0 Å². The molecule has 1 aliphatic carbocycles. The number of hydrogen-bond acceptors (Lipinski definition) is 2. The van der Waals surface area contributed by atoms with Crippen LogP contribution >= 0.6 is 0 Å². The van der Waals surface area contributed by atoms with E-state index in [1.165, 1.54) is 45.3 Å². The summed E-state index contributed by atoms with van der Waals surface area (Å²) in [5.74, 6) is 0. The van der Waals surface area contributed by atoms with Crippen molar-refractivity contribution in [2.75, 3.05) is 19.6 Å². The largest absolute Gasteiger partial charge is 0.311 e. The lowest BCUT2D eigenvalue weighted by Gasteiger charge is -2.50. The smallest absolute Gasteiger partial charge is 0.0193 e. The molecule has 1 saturated carbocycles. The van der Waals surface area contributed by atoms with Crippen LogP contribution in [-0.4, -0.2) is 36.6 Å². The van der Waals surface area contributed by atoms with E-state index < -0.39 is 0 Å². The first kappa shape index (κ1) is 14.3. The standard InChI is InChI=1S/C16H32N2/c1-6-13-11-18(8-7-17-13)14-9-15(2,3)12-16(4,5)10-14/h13-14,17H,6-12H2,1-5H3. The Labute approximate surface area is 114 Å². The highest BCUT2D eigenvalue weighted by atomic mass is 15.2. The lowest BCUT2D eigenvalue weighted by molar-refractivity contribution is 0.0120. The minimum atomic E-state index is 0.513. The van der Waals surface area contributed by atoms with Crippen LogP contribution in [0.25, 0.3) is 0 Å². The highest BCUT2D eigenvalue weighted by Gasteiger charge is 2.41. The predicted molar refractivity (Wildman–Crippen MR) is 78.9 cm³/mol. The fourth-order valence-corrected chi connectivity index (χ4v) is 4.50. The van der Waals surface area contributed by atoms with E-state index in [4.69, 9.17) is 0 Å². The summed E-state index contributed by atoms with van der Waals surface area (Å²) in [7, 11) is 0. The molecule has 0 bridgehead atoms. The third-order valence-corrected chi connectivity index (χ3v) is 4.83. The summed E-state index contributed by atoms with van der Waals surface area (Å²) in [6.45, 7) is 15.8. The molecule has 0 aromatic rings. The van der Waals surface area contributed by atoms with Crippen LogP contribution in [0.3, 0.4) is 0 Å². The van der Waals surface area contributed by atoms with Gasteiger partial charge in [0.15, 0.2) is 0 Å². The molecule has 2 nitrogen and oxygen atoms in total. The molecule has 0 spiro atoms. The van der Waals surface area contributed by atoms with E-state index in [1.807, 2.05) is 0 Å². The van der Waals surface area contributed by atoms with Crippen molar-refractivity contribution in [1.29, 1.82) is 0 Å². The third-order valence-electron chi connectivity index (χ3n) is 4.83.